The summed E-state index contributed by atoms with van der Waals surface area (Å²) >= 11 is 0. The highest BCUT2D eigenvalue weighted by atomic mass is 16.3. The Hall–Kier alpha value is -1.42. The van der Waals surface area contributed by atoms with Crippen LogP contribution in [-0.4, -0.2) is 21.6 Å². The average Bonchev–Trinajstić information content (AvgIpc) is 2.70. The molecule has 0 bridgehead atoms. The number of aromatic nitrogens is 1. The zero-order chi connectivity index (χ0) is 11.6. The molecule has 4 heteroatoms. The summed E-state index contributed by atoms with van der Waals surface area (Å²) in [4.78, 5) is 15.9. The molecule has 16 heavy (non-hydrogen) atoms. The van der Waals surface area contributed by atoms with Crippen LogP contribution in [0.25, 0.3) is 0 Å². The molecule has 1 aliphatic carbocycles. The van der Waals surface area contributed by atoms with E-state index in [9.17, 15) is 9.90 Å². The molecular weight excluding hydrogens is 204 g/mol. The first kappa shape index (κ1) is 11.1. The van der Waals surface area contributed by atoms with Gasteiger partial charge < -0.3 is 10.4 Å². The average molecular weight is 220 g/mol. The summed E-state index contributed by atoms with van der Waals surface area (Å²) in [5.41, 5.74) is 0.445. The lowest BCUT2D eigenvalue weighted by Crippen LogP contribution is -2.40. The molecule has 1 aliphatic rings. The predicted octanol–water partition coefficient (Wildman–Crippen LogP) is 1.63. The summed E-state index contributed by atoms with van der Waals surface area (Å²) in [5.74, 6) is -0.305. The molecule has 1 aromatic heterocycles. The fourth-order valence-electron chi connectivity index (χ4n) is 2.02. The number of carbonyl (C=O) groups excluding carboxylic acids is 1. The second-order valence-electron chi connectivity index (χ2n) is 4.38. The molecule has 86 valence electrons. The molecule has 0 spiro atoms. The van der Waals surface area contributed by atoms with Gasteiger partial charge in [-0.3, -0.25) is 9.78 Å². The molecule has 1 heterocycles. The Morgan fingerprint density at radius 1 is 1.50 bits per heavy atom. The minimum absolute atomic E-state index is 0.305. The zero-order valence-corrected chi connectivity index (χ0v) is 9.36. The van der Waals surface area contributed by atoms with E-state index in [-0.39, 0.29) is 5.91 Å². The molecule has 0 atom stereocenters. The van der Waals surface area contributed by atoms with Crippen LogP contribution in [-0.2, 0) is 4.79 Å². The summed E-state index contributed by atoms with van der Waals surface area (Å²) in [5, 5.41) is 12.8. The third-order valence-electron chi connectivity index (χ3n) is 3.14. The molecular formula is C12H16N2O2. The molecule has 1 amide bonds. The highest BCUT2D eigenvalue weighted by Crippen LogP contribution is 2.30. The van der Waals surface area contributed by atoms with Gasteiger partial charge in [0.25, 0.3) is 5.91 Å². The van der Waals surface area contributed by atoms with Crippen LogP contribution in [0.5, 0.6) is 0 Å². The van der Waals surface area contributed by atoms with Gasteiger partial charge in [-0.15, -0.1) is 0 Å². The van der Waals surface area contributed by atoms with E-state index >= 15 is 0 Å². The number of amides is 1. The smallest absolute Gasteiger partial charge is 0.256 e. The van der Waals surface area contributed by atoms with Crippen LogP contribution in [0, 0.1) is 6.92 Å². The Morgan fingerprint density at radius 3 is 2.81 bits per heavy atom. The first-order chi connectivity index (χ1) is 7.62. The van der Waals surface area contributed by atoms with E-state index in [1.165, 1.54) is 0 Å². The summed E-state index contributed by atoms with van der Waals surface area (Å²) in [6, 6.07) is 1.83. The Kier molecular flexibility index (Phi) is 2.92. The van der Waals surface area contributed by atoms with E-state index in [1.54, 1.807) is 12.4 Å². The van der Waals surface area contributed by atoms with Crippen LogP contribution in [0.4, 0.5) is 5.69 Å². The topological polar surface area (TPSA) is 62.2 Å². The monoisotopic (exact) mass is 220 g/mol. The molecule has 0 saturated heterocycles. The van der Waals surface area contributed by atoms with Crippen molar-refractivity contribution in [1.82, 2.24) is 4.98 Å². The van der Waals surface area contributed by atoms with Gasteiger partial charge in [0.05, 0.1) is 11.9 Å². The van der Waals surface area contributed by atoms with E-state index in [0.717, 1.165) is 18.4 Å². The Labute approximate surface area is 94.7 Å². The second-order valence-corrected chi connectivity index (χ2v) is 4.38. The number of hydrogen-bond acceptors (Lipinski definition) is 3. The van der Waals surface area contributed by atoms with E-state index < -0.39 is 5.60 Å². The molecule has 0 unspecified atom stereocenters. The van der Waals surface area contributed by atoms with Crippen molar-refractivity contribution in [3.63, 3.8) is 0 Å². The third-order valence-corrected chi connectivity index (χ3v) is 3.14. The normalized spacial score (nSPS) is 18.4. The molecule has 2 N–H and O–H groups in total. The third kappa shape index (κ3) is 2.07. The van der Waals surface area contributed by atoms with E-state index in [1.807, 2.05) is 13.0 Å². The van der Waals surface area contributed by atoms with Gasteiger partial charge in [0.15, 0.2) is 0 Å². The number of nitrogens with zero attached hydrogens (tertiary/aromatic N) is 1. The lowest BCUT2D eigenvalue weighted by Gasteiger charge is -2.21. The van der Waals surface area contributed by atoms with Gasteiger partial charge in [0.1, 0.15) is 5.60 Å². The zero-order valence-electron chi connectivity index (χ0n) is 9.36. The fraction of sp³-hybridized carbons (Fsp3) is 0.500. The van der Waals surface area contributed by atoms with Gasteiger partial charge in [-0.2, -0.15) is 0 Å². The van der Waals surface area contributed by atoms with Gasteiger partial charge in [0, 0.05) is 6.20 Å². The summed E-state index contributed by atoms with van der Waals surface area (Å²) in [6.07, 6.45) is 6.21. The van der Waals surface area contributed by atoms with Crippen LogP contribution < -0.4 is 5.32 Å². The maximum atomic E-state index is 11.9. The number of hydrogen-bond donors (Lipinski definition) is 2. The van der Waals surface area contributed by atoms with Crippen molar-refractivity contribution in [3.8, 4) is 0 Å². The summed E-state index contributed by atoms with van der Waals surface area (Å²) in [7, 11) is 0. The van der Waals surface area contributed by atoms with Crippen LogP contribution in [0.1, 0.15) is 31.2 Å². The van der Waals surface area contributed by atoms with Crippen molar-refractivity contribution in [1.29, 1.82) is 0 Å². The van der Waals surface area contributed by atoms with Crippen molar-refractivity contribution in [2.45, 2.75) is 38.2 Å². The maximum absolute atomic E-state index is 11.9. The number of pyridine rings is 1. The van der Waals surface area contributed by atoms with Crippen molar-refractivity contribution in [2.75, 3.05) is 5.32 Å². The van der Waals surface area contributed by atoms with Crippen molar-refractivity contribution in [3.05, 3.63) is 24.0 Å². The first-order valence-electron chi connectivity index (χ1n) is 5.56. The number of rotatable bonds is 2. The lowest BCUT2D eigenvalue weighted by molar-refractivity contribution is -0.133. The molecule has 4 nitrogen and oxygen atoms in total. The number of aryl methyl sites for hydroxylation is 1. The van der Waals surface area contributed by atoms with E-state index in [4.69, 9.17) is 0 Å². The molecule has 0 aromatic carbocycles. The molecule has 0 radical (unpaired) electrons. The predicted molar refractivity (Wildman–Crippen MR) is 61.0 cm³/mol. The van der Waals surface area contributed by atoms with Crippen molar-refractivity contribution in [2.24, 2.45) is 0 Å². The Bertz CT molecular complexity index is 398. The number of anilines is 1. The highest BCUT2D eigenvalue weighted by molar-refractivity contribution is 5.97. The second kappa shape index (κ2) is 4.22. The van der Waals surface area contributed by atoms with Gasteiger partial charge in [-0.1, -0.05) is 0 Å². The maximum Gasteiger partial charge on any atom is 0.256 e. The first-order valence-corrected chi connectivity index (χ1v) is 5.56. The van der Waals surface area contributed by atoms with Crippen molar-refractivity contribution < 1.29 is 9.90 Å². The quantitative estimate of drug-likeness (QED) is 0.796. The molecule has 0 aliphatic heterocycles. The summed E-state index contributed by atoms with van der Waals surface area (Å²) in [6.45, 7) is 1.90. The molecule has 1 aromatic rings. The van der Waals surface area contributed by atoms with Crippen LogP contribution in [0.15, 0.2) is 18.5 Å². The number of nitrogens with one attached hydrogen (secondary N) is 1. The van der Waals surface area contributed by atoms with Gasteiger partial charge in [-0.05, 0) is 44.2 Å². The number of carbonyl (C=O) groups is 1. The van der Waals surface area contributed by atoms with Crippen LogP contribution >= 0.6 is 0 Å². The highest BCUT2D eigenvalue weighted by Gasteiger charge is 2.38. The summed E-state index contributed by atoms with van der Waals surface area (Å²) < 4.78 is 0. The van der Waals surface area contributed by atoms with E-state index in [0.29, 0.717) is 18.5 Å². The van der Waals surface area contributed by atoms with Gasteiger partial charge >= 0.3 is 0 Å². The van der Waals surface area contributed by atoms with Crippen LogP contribution in [0.2, 0.25) is 0 Å². The Morgan fingerprint density at radius 2 is 2.19 bits per heavy atom. The van der Waals surface area contributed by atoms with Gasteiger partial charge in [0.2, 0.25) is 0 Å². The van der Waals surface area contributed by atoms with Crippen LogP contribution in [0.3, 0.4) is 0 Å². The van der Waals surface area contributed by atoms with Gasteiger partial charge in [-0.25, -0.2) is 0 Å². The van der Waals surface area contributed by atoms with Crippen molar-refractivity contribution >= 4 is 11.6 Å². The molecule has 1 fully saturated rings. The minimum atomic E-state index is -1.18. The lowest BCUT2D eigenvalue weighted by atomic mass is 10.0. The standard InChI is InChI=1S/C12H16N2O2/c1-9-4-7-13-8-10(9)14-11(15)12(16)5-2-3-6-12/h4,7-8,16H,2-3,5-6H2,1H3,(H,14,15). The molecule has 2 rings (SSSR count). The fourth-order valence-corrected chi connectivity index (χ4v) is 2.02. The minimum Gasteiger partial charge on any atom is -0.380 e. The SMILES string of the molecule is Cc1ccncc1NC(=O)C1(O)CCCC1. The molecule has 1 saturated carbocycles. The number of aliphatic hydroxyl groups is 1. The largest absolute Gasteiger partial charge is 0.380 e. The van der Waals surface area contributed by atoms with E-state index in [2.05, 4.69) is 10.3 Å². The Balaban J connectivity index is 2.10.